The molecule has 7 heteroatoms. The lowest BCUT2D eigenvalue weighted by atomic mass is 9.81. The summed E-state index contributed by atoms with van der Waals surface area (Å²) < 4.78 is 33.2. The van der Waals surface area contributed by atoms with Gasteiger partial charge in [0.05, 0.1) is 24.6 Å². The number of ether oxygens (including phenoxy) is 1. The Bertz CT molecular complexity index is 1190. The van der Waals surface area contributed by atoms with Crippen LogP contribution in [0.15, 0.2) is 78.9 Å². The quantitative estimate of drug-likeness (QED) is 0.481. The zero-order chi connectivity index (χ0) is 24.1. The van der Waals surface area contributed by atoms with Gasteiger partial charge in [-0.05, 0) is 60.1 Å². The van der Waals surface area contributed by atoms with Crippen LogP contribution in [0.3, 0.4) is 0 Å². The summed E-state index contributed by atoms with van der Waals surface area (Å²) >= 11 is 0. The molecule has 1 fully saturated rings. The third-order valence-corrected chi connectivity index (χ3v) is 8.40. The molecule has 0 aliphatic carbocycles. The molecule has 1 saturated heterocycles. The third kappa shape index (κ3) is 5.43. The Kier molecular flexibility index (Phi) is 7.56. The molecule has 1 heterocycles. The van der Waals surface area contributed by atoms with Crippen LogP contribution in [0.4, 0.5) is 5.69 Å². The van der Waals surface area contributed by atoms with E-state index in [1.54, 1.807) is 20.2 Å². The molecule has 0 unspecified atom stereocenters. The van der Waals surface area contributed by atoms with E-state index in [2.05, 4.69) is 12.1 Å². The first-order valence-electron chi connectivity index (χ1n) is 11.6. The zero-order valence-electron chi connectivity index (χ0n) is 19.8. The van der Waals surface area contributed by atoms with Crippen molar-refractivity contribution in [2.75, 3.05) is 25.0 Å². The number of methoxy groups -OCH3 is 1. The van der Waals surface area contributed by atoms with Crippen molar-refractivity contribution in [1.82, 2.24) is 5.01 Å². The first-order chi connectivity index (χ1) is 16.4. The molecule has 3 aromatic carbocycles. The van der Waals surface area contributed by atoms with Crippen LogP contribution in [0.5, 0.6) is 5.75 Å². The Labute approximate surface area is 203 Å². The highest BCUT2D eigenvalue weighted by Gasteiger charge is 2.32. The number of hydrogen-bond donors (Lipinski definition) is 1. The topological polar surface area (TPSA) is 75.9 Å². The molecule has 0 amide bonds. The predicted molar refractivity (Wildman–Crippen MR) is 137 cm³/mol. The fourth-order valence-corrected chi connectivity index (χ4v) is 6.12. The molecule has 2 atom stereocenters. The van der Waals surface area contributed by atoms with Crippen LogP contribution >= 0.6 is 0 Å². The van der Waals surface area contributed by atoms with Crippen molar-refractivity contribution in [1.29, 1.82) is 0 Å². The maximum Gasteiger partial charge on any atom is 0.239 e. The Morgan fingerprint density at radius 2 is 1.71 bits per heavy atom. The Hall–Kier alpha value is -2.87. The minimum Gasteiger partial charge on any atom is -0.496 e. The molecule has 180 valence electrons. The minimum atomic E-state index is -3.53. The fourth-order valence-electron chi connectivity index (χ4n) is 4.88. The summed E-state index contributed by atoms with van der Waals surface area (Å²) in [5.74, 6) is 7.45. The van der Waals surface area contributed by atoms with E-state index in [1.165, 1.54) is 9.87 Å². The third-order valence-electron chi connectivity index (χ3n) is 6.65. The number of piperidine rings is 1. The van der Waals surface area contributed by atoms with E-state index >= 15 is 0 Å². The molecule has 1 aliphatic heterocycles. The van der Waals surface area contributed by atoms with Crippen molar-refractivity contribution >= 4 is 15.7 Å². The number of hydrogen-bond acceptors (Lipinski definition) is 5. The first kappa shape index (κ1) is 24.3. The van der Waals surface area contributed by atoms with Gasteiger partial charge in [-0.1, -0.05) is 60.7 Å². The molecule has 3 aromatic rings. The van der Waals surface area contributed by atoms with E-state index in [1.807, 2.05) is 65.7 Å². The molecule has 0 spiro atoms. The molecule has 34 heavy (non-hydrogen) atoms. The molecular formula is C27H33N3O3S. The summed E-state index contributed by atoms with van der Waals surface area (Å²) in [4.78, 5) is 0. The highest BCUT2D eigenvalue weighted by molar-refractivity contribution is 7.92. The molecule has 0 aromatic heterocycles. The lowest BCUT2D eigenvalue weighted by Crippen LogP contribution is -2.44. The van der Waals surface area contributed by atoms with E-state index in [0.29, 0.717) is 5.69 Å². The molecular weight excluding hydrogens is 446 g/mol. The lowest BCUT2D eigenvalue weighted by Gasteiger charge is -2.39. The number of rotatable bonds is 8. The highest BCUT2D eigenvalue weighted by atomic mass is 32.2. The van der Waals surface area contributed by atoms with Gasteiger partial charge in [-0.2, -0.15) is 0 Å². The second-order valence-corrected chi connectivity index (χ2v) is 10.9. The van der Waals surface area contributed by atoms with Crippen molar-refractivity contribution in [2.24, 2.45) is 11.8 Å². The summed E-state index contributed by atoms with van der Waals surface area (Å²) in [6.07, 6.45) is 2.82. The Morgan fingerprint density at radius 1 is 1.03 bits per heavy atom. The second-order valence-electron chi connectivity index (χ2n) is 8.91. The van der Waals surface area contributed by atoms with Gasteiger partial charge in [-0.25, -0.2) is 13.4 Å². The van der Waals surface area contributed by atoms with E-state index in [-0.39, 0.29) is 17.7 Å². The van der Waals surface area contributed by atoms with Gasteiger partial charge in [0.2, 0.25) is 10.0 Å². The smallest absolute Gasteiger partial charge is 0.239 e. The highest BCUT2D eigenvalue weighted by Crippen LogP contribution is 2.38. The molecule has 4 rings (SSSR count). The van der Waals surface area contributed by atoms with Gasteiger partial charge < -0.3 is 4.74 Å². The van der Waals surface area contributed by atoms with Crippen LogP contribution in [0.2, 0.25) is 0 Å². The van der Waals surface area contributed by atoms with Gasteiger partial charge in [0, 0.05) is 13.6 Å². The number of nitrogens with zero attached hydrogens (tertiary/aromatic N) is 2. The van der Waals surface area contributed by atoms with Gasteiger partial charge in [-0.3, -0.25) is 10.1 Å². The van der Waals surface area contributed by atoms with E-state index in [4.69, 9.17) is 10.6 Å². The molecule has 1 aliphatic rings. The predicted octanol–water partition coefficient (Wildman–Crippen LogP) is 4.53. The SMILES string of the molecule is COc1ccc(N(C)S(=O)(=O)Cc2ccccc2)cc1C[C@H]1CCCN(N)[C@H]1c1ccccc1. The monoisotopic (exact) mass is 479 g/mol. The van der Waals surface area contributed by atoms with Gasteiger partial charge in [-0.15, -0.1) is 0 Å². The van der Waals surface area contributed by atoms with Gasteiger partial charge >= 0.3 is 0 Å². The number of sulfonamides is 1. The van der Waals surface area contributed by atoms with Crippen LogP contribution in [-0.4, -0.2) is 34.1 Å². The van der Waals surface area contributed by atoms with Gasteiger partial charge in [0.15, 0.2) is 0 Å². The second kappa shape index (κ2) is 10.6. The van der Waals surface area contributed by atoms with Crippen molar-refractivity contribution in [3.05, 3.63) is 95.6 Å². The number of nitrogens with two attached hydrogens (primary N) is 1. The average Bonchev–Trinajstić information content (AvgIpc) is 2.84. The Morgan fingerprint density at radius 3 is 2.38 bits per heavy atom. The molecule has 0 radical (unpaired) electrons. The van der Waals surface area contributed by atoms with E-state index in [9.17, 15) is 8.42 Å². The van der Waals surface area contributed by atoms with Crippen LogP contribution in [0.1, 0.15) is 35.6 Å². The van der Waals surface area contributed by atoms with Crippen molar-refractivity contribution < 1.29 is 13.2 Å². The first-order valence-corrected chi connectivity index (χ1v) is 13.2. The Balaban J connectivity index is 1.61. The maximum absolute atomic E-state index is 13.1. The summed E-state index contributed by atoms with van der Waals surface area (Å²) in [5, 5.41) is 1.94. The van der Waals surface area contributed by atoms with Crippen molar-refractivity contribution in [3.8, 4) is 5.75 Å². The summed E-state index contributed by atoms with van der Waals surface area (Å²) in [6, 6.07) is 25.3. The van der Waals surface area contributed by atoms with Gasteiger partial charge in [0.25, 0.3) is 0 Å². The minimum absolute atomic E-state index is 0.0491. The molecule has 0 bridgehead atoms. The zero-order valence-corrected chi connectivity index (χ0v) is 20.6. The van der Waals surface area contributed by atoms with Gasteiger partial charge in [0.1, 0.15) is 5.75 Å². The van der Waals surface area contributed by atoms with Crippen LogP contribution < -0.4 is 14.9 Å². The standard InChI is InChI=1S/C27H33N3O3S/c1-29(34(31,32)20-21-10-5-3-6-11-21)25-15-16-26(33-2)24(19-25)18-23-14-9-17-30(28)27(23)22-12-7-4-8-13-22/h3-8,10-13,15-16,19,23,27H,9,14,17-18,20,28H2,1-2H3/t23-,27+/m1/s1. The molecule has 2 N–H and O–H groups in total. The number of anilines is 1. The van der Waals surface area contributed by atoms with Crippen LogP contribution in [0, 0.1) is 5.92 Å². The van der Waals surface area contributed by atoms with Crippen LogP contribution in [-0.2, 0) is 22.2 Å². The molecule has 6 nitrogen and oxygen atoms in total. The molecule has 0 saturated carbocycles. The summed E-state index contributed by atoms with van der Waals surface area (Å²) in [6.45, 7) is 0.855. The number of benzene rings is 3. The number of hydrazine groups is 1. The van der Waals surface area contributed by atoms with E-state index < -0.39 is 10.0 Å². The van der Waals surface area contributed by atoms with Crippen molar-refractivity contribution in [3.63, 3.8) is 0 Å². The largest absolute Gasteiger partial charge is 0.496 e. The summed E-state index contributed by atoms with van der Waals surface area (Å²) in [7, 11) is -0.272. The average molecular weight is 480 g/mol. The maximum atomic E-state index is 13.1. The van der Waals surface area contributed by atoms with Crippen molar-refractivity contribution in [2.45, 2.75) is 31.1 Å². The van der Waals surface area contributed by atoms with E-state index in [0.717, 1.165) is 42.7 Å². The lowest BCUT2D eigenvalue weighted by molar-refractivity contribution is 0.0923. The summed E-state index contributed by atoms with van der Waals surface area (Å²) in [5.41, 5.74) is 3.58. The fraction of sp³-hybridized carbons (Fsp3) is 0.333. The normalized spacial score (nSPS) is 19.0. The van der Waals surface area contributed by atoms with Crippen LogP contribution in [0.25, 0.3) is 0 Å².